The zero-order chi connectivity index (χ0) is 30.5. The van der Waals surface area contributed by atoms with Gasteiger partial charge in [0.25, 0.3) is 0 Å². The molecule has 4 nitrogen and oxygen atoms in total. The number of para-hydroxylation sites is 4. The van der Waals surface area contributed by atoms with Gasteiger partial charge in [0.1, 0.15) is 12.1 Å². The Balaban J connectivity index is 1.65. The second-order valence-corrected chi connectivity index (χ2v) is 13.7. The van der Waals surface area contributed by atoms with Gasteiger partial charge in [-0.05, 0) is 71.5 Å². The Morgan fingerprint density at radius 2 is 0.773 bits per heavy atom. The van der Waals surface area contributed by atoms with Gasteiger partial charge in [0.2, 0.25) is 0 Å². The van der Waals surface area contributed by atoms with E-state index in [4.69, 9.17) is 0 Å². The number of nitrogens with zero attached hydrogens (tertiary/aromatic N) is 4. The van der Waals surface area contributed by atoms with E-state index >= 15 is 0 Å². The molecule has 0 spiro atoms. The molecule has 0 aliphatic carbocycles. The molecule has 2 heterocycles. The van der Waals surface area contributed by atoms with Gasteiger partial charge in [0, 0.05) is 19.6 Å². The molecule has 0 radical (unpaired) electrons. The minimum atomic E-state index is 0.00204. The molecule has 0 fully saturated rings. The zero-order valence-corrected chi connectivity index (χ0v) is 26.6. The van der Waals surface area contributed by atoms with E-state index in [9.17, 15) is 10.5 Å². The summed E-state index contributed by atoms with van der Waals surface area (Å²) in [5, 5.41) is 22.2. The van der Waals surface area contributed by atoms with Crippen molar-refractivity contribution >= 4 is 57.6 Å². The molecule has 5 aromatic carbocycles. The maximum atomic E-state index is 11.1. The fourth-order valence-corrected chi connectivity index (χ4v) is 8.58. The zero-order valence-electron chi connectivity index (χ0n) is 25.0. The molecule has 5 aromatic rings. The van der Waals surface area contributed by atoms with Gasteiger partial charge in [-0.2, -0.15) is 10.5 Å². The molecule has 0 saturated heterocycles. The van der Waals surface area contributed by atoms with E-state index in [1.165, 1.54) is 0 Å². The first kappa shape index (κ1) is 28.2. The number of hydrogen-bond acceptors (Lipinski definition) is 6. The Kier molecular flexibility index (Phi) is 7.13. The summed E-state index contributed by atoms with van der Waals surface area (Å²) >= 11 is 3.48. The van der Waals surface area contributed by atoms with Crippen LogP contribution in [0.1, 0.15) is 61.8 Å². The molecule has 214 valence electrons. The van der Waals surface area contributed by atoms with Crippen molar-refractivity contribution in [2.24, 2.45) is 0 Å². The fraction of sp³-hybridized carbons (Fsp3) is 0.158. The predicted octanol–water partition coefficient (Wildman–Crippen LogP) is 11.5. The Labute approximate surface area is 267 Å². The molecule has 44 heavy (non-hydrogen) atoms. The number of fused-ring (bicyclic) bond motifs is 4. The van der Waals surface area contributed by atoms with Gasteiger partial charge < -0.3 is 9.80 Å². The third kappa shape index (κ3) is 4.29. The van der Waals surface area contributed by atoms with E-state index in [2.05, 4.69) is 122 Å². The van der Waals surface area contributed by atoms with Crippen molar-refractivity contribution in [1.29, 1.82) is 10.5 Å². The lowest BCUT2D eigenvalue weighted by Gasteiger charge is -2.40. The molecule has 0 saturated carbocycles. The summed E-state index contributed by atoms with van der Waals surface area (Å²) < 4.78 is 0. The summed E-state index contributed by atoms with van der Waals surface area (Å²) in [5.74, 6) is 0.00407. The van der Waals surface area contributed by atoms with Gasteiger partial charge in [0.05, 0.1) is 45.3 Å². The predicted molar refractivity (Wildman–Crippen MR) is 182 cm³/mol. The molecule has 0 atom stereocenters. The van der Waals surface area contributed by atoms with Gasteiger partial charge in [-0.1, -0.05) is 99.7 Å². The molecular formula is C38H30N4S2. The fourth-order valence-electron chi connectivity index (χ4n) is 6.47. The van der Waals surface area contributed by atoms with Crippen molar-refractivity contribution < 1.29 is 0 Å². The molecule has 6 heteroatoms. The molecule has 0 N–H and O–H groups in total. The van der Waals surface area contributed by atoms with Gasteiger partial charge >= 0.3 is 0 Å². The monoisotopic (exact) mass is 606 g/mol. The van der Waals surface area contributed by atoms with Gasteiger partial charge in [-0.25, -0.2) is 0 Å². The Hall–Kier alpha value is -4.62. The number of rotatable bonds is 4. The van der Waals surface area contributed by atoms with Crippen LogP contribution >= 0.6 is 23.5 Å². The van der Waals surface area contributed by atoms with E-state index < -0.39 is 0 Å². The molecular weight excluding hydrogens is 577 g/mol. The summed E-state index contributed by atoms with van der Waals surface area (Å²) in [4.78, 5) is 8.95. The van der Waals surface area contributed by atoms with Crippen LogP contribution in [0.5, 0.6) is 0 Å². The lowest BCUT2D eigenvalue weighted by atomic mass is 9.82. The highest BCUT2D eigenvalue weighted by atomic mass is 32.2. The molecule has 7 rings (SSSR count). The second-order valence-electron chi connectivity index (χ2n) is 11.6. The summed E-state index contributed by atoms with van der Waals surface area (Å²) in [6, 6.07) is 38.7. The highest BCUT2D eigenvalue weighted by molar-refractivity contribution is 8.00. The highest BCUT2D eigenvalue weighted by Gasteiger charge is 2.37. The van der Waals surface area contributed by atoms with Crippen LogP contribution in [0.2, 0.25) is 0 Å². The van der Waals surface area contributed by atoms with Crippen LogP contribution in [-0.2, 0) is 0 Å². The maximum absolute atomic E-state index is 11.1. The lowest BCUT2D eigenvalue weighted by Crippen LogP contribution is -2.24. The van der Waals surface area contributed by atoms with Crippen molar-refractivity contribution in [3.63, 3.8) is 0 Å². The molecule has 0 aromatic heterocycles. The number of benzene rings is 5. The van der Waals surface area contributed by atoms with Crippen molar-refractivity contribution in [2.75, 3.05) is 9.80 Å². The molecule has 0 amide bonds. The van der Waals surface area contributed by atoms with Crippen LogP contribution < -0.4 is 9.80 Å². The normalized spacial score (nSPS) is 13.1. The first-order valence-electron chi connectivity index (χ1n) is 14.8. The molecule has 0 unspecified atom stereocenters. The summed E-state index contributed by atoms with van der Waals surface area (Å²) in [7, 11) is 0. The van der Waals surface area contributed by atoms with Crippen LogP contribution in [0.25, 0.3) is 0 Å². The maximum Gasteiger partial charge on any atom is 0.102 e. The van der Waals surface area contributed by atoms with Gasteiger partial charge in [-0.15, -0.1) is 0 Å². The Morgan fingerprint density at radius 1 is 0.477 bits per heavy atom. The third-order valence-electron chi connectivity index (χ3n) is 8.21. The summed E-state index contributed by atoms with van der Waals surface area (Å²) in [6.07, 6.45) is 0. The van der Waals surface area contributed by atoms with E-state index in [1.807, 2.05) is 24.3 Å². The Bertz CT molecular complexity index is 1890. The van der Waals surface area contributed by atoms with Crippen LogP contribution in [0.3, 0.4) is 0 Å². The smallest absolute Gasteiger partial charge is 0.102 e. The molecule has 0 bridgehead atoms. The van der Waals surface area contributed by atoms with Crippen molar-refractivity contribution in [3.8, 4) is 12.1 Å². The standard InChI is InChI=1S/C38H30N4S2/c1-23(2)35-25(21-39)37(41-27-13-5-9-17-31(27)43-32-18-10-6-14-28(32)41)26(22-40)36(24(3)4)38(35)42-29-15-7-11-19-33(29)44-34-20-12-8-16-30(34)42/h5-20,23-24H,1-4H3. The topological polar surface area (TPSA) is 54.1 Å². The molecule has 2 aliphatic heterocycles. The van der Waals surface area contributed by atoms with Crippen LogP contribution in [0.4, 0.5) is 34.1 Å². The van der Waals surface area contributed by atoms with Crippen LogP contribution in [0.15, 0.2) is 117 Å². The van der Waals surface area contributed by atoms with E-state index in [0.717, 1.165) is 59.1 Å². The minimum Gasteiger partial charge on any atom is -0.308 e. The van der Waals surface area contributed by atoms with Gasteiger partial charge in [-0.3, -0.25) is 0 Å². The second kappa shape index (κ2) is 11.1. The summed E-state index contributed by atoms with van der Waals surface area (Å²) in [5.41, 5.74) is 8.68. The number of hydrogen-bond donors (Lipinski definition) is 0. The average Bonchev–Trinajstić information content (AvgIpc) is 3.04. The van der Waals surface area contributed by atoms with E-state index in [-0.39, 0.29) is 11.8 Å². The largest absolute Gasteiger partial charge is 0.308 e. The van der Waals surface area contributed by atoms with Crippen LogP contribution in [0, 0.1) is 22.7 Å². The number of nitriles is 2. The number of anilines is 6. The van der Waals surface area contributed by atoms with Crippen LogP contribution in [-0.4, -0.2) is 0 Å². The first-order chi connectivity index (χ1) is 21.4. The van der Waals surface area contributed by atoms with Crippen molar-refractivity contribution in [2.45, 2.75) is 59.1 Å². The van der Waals surface area contributed by atoms with Gasteiger partial charge in [0.15, 0.2) is 0 Å². The van der Waals surface area contributed by atoms with Crippen molar-refractivity contribution in [1.82, 2.24) is 0 Å². The SMILES string of the molecule is CC(C)c1c(C#N)c(N2c3ccccc3Sc3ccccc32)c(C#N)c(C(C)C)c1N1c2ccccc2Sc2ccccc21. The Morgan fingerprint density at radius 3 is 1.07 bits per heavy atom. The highest BCUT2D eigenvalue weighted by Crippen LogP contribution is 2.59. The lowest BCUT2D eigenvalue weighted by molar-refractivity contribution is 0.823. The van der Waals surface area contributed by atoms with Crippen molar-refractivity contribution in [3.05, 3.63) is 119 Å². The minimum absolute atomic E-state index is 0.00204. The third-order valence-corrected chi connectivity index (χ3v) is 10.5. The average molecular weight is 607 g/mol. The first-order valence-corrected chi connectivity index (χ1v) is 16.4. The van der Waals surface area contributed by atoms with E-state index in [0.29, 0.717) is 16.8 Å². The van der Waals surface area contributed by atoms with E-state index in [1.54, 1.807) is 23.5 Å². The summed E-state index contributed by atoms with van der Waals surface area (Å²) in [6.45, 7) is 8.63. The molecule has 2 aliphatic rings. The quantitative estimate of drug-likeness (QED) is 0.199.